The van der Waals surface area contributed by atoms with Gasteiger partial charge in [-0.05, 0) is 85.0 Å². The Bertz CT molecular complexity index is 1510. The molecule has 0 unspecified atom stereocenters. The number of anilines is 2. The second-order valence-corrected chi connectivity index (χ2v) is 10.8. The second kappa shape index (κ2) is 13.6. The predicted octanol–water partition coefficient (Wildman–Crippen LogP) is 7.25. The zero-order valence-corrected chi connectivity index (χ0v) is 24.0. The summed E-state index contributed by atoms with van der Waals surface area (Å²) in [4.78, 5) is 26.3. The quantitative estimate of drug-likeness (QED) is 0.210. The number of halogens is 3. The number of hydrogen-bond acceptors (Lipinski definition) is 5. The van der Waals surface area contributed by atoms with E-state index >= 15 is 0 Å². The van der Waals surface area contributed by atoms with Crippen LogP contribution >= 0.6 is 0 Å². The number of alkyl halides is 3. The highest BCUT2D eigenvalue weighted by Crippen LogP contribution is 2.29. The molecule has 222 valence electrons. The SMILES string of the molecule is Cc1cc(Nc2ccc(CN(C(=O)/C=C/c3ccc(C(F)(F)F)cc3)C3CCN(Cc4cccnc4)CC3)cc2)ccn1. The molecule has 0 radical (unpaired) electrons. The Labute approximate surface area is 249 Å². The summed E-state index contributed by atoms with van der Waals surface area (Å²) in [5.41, 5.74) is 4.77. The fourth-order valence-electron chi connectivity index (χ4n) is 5.25. The third kappa shape index (κ3) is 8.51. The van der Waals surface area contributed by atoms with Crippen molar-refractivity contribution in [2.45, 2.75) is 45.1 Å². The van der Waals surface area contributed by atoms with Crippen molar-refractivity contribution < 1.29 is 18.0 Å². The predicted molar refractivity (Wildman–Crippen MR) is 162 cm³/mol. The number of carbonyl (C=O) groups excluding carboxylic acids is 1. The lowest BCUT2D eigenvalue weighted by atomic mass is 10.0. The van der Waals surface area contributed by atoms with Crippen LogP contribution in [-0.2, 0) is 24.1 Å². The Morgan fingerprint density at radius 1 is 0.977 bits per heavy atom. The van der Waals surface area contributed by atoms with Crippen LogP contribution in [0, 0.1) is 6.92 Å². The topological polar surface area (TPSA) is 61.4 Å². The first-order valence-electron chi connectivity index (χ1n) is 14.3. The molecule has 2 aromatic heterocycles. The van der Waals surface area contributed by atoms with Crippen molar-refractivity contribution in [3.8, 4) is 0 Å². The number of pyridine rings is 2. The first-order valence-corrected chi connectivity index (χ1v) is 14.3. The van der Waals surface area contributed by atoms with Crippen molar-refractivity contribution in [1.29, 1.82) is 0 Å². The molecule has 1 aliphatic rings. The lowest BCUT2D eigenvalue weighted by Crippen LogP contribution is -2.46. The summed E-state index contributed by atoms with van der Waals surface area (Å²) in [6.07, 6.45) is 5.69. The summed E-state index contributed by atoms with van der Waals surface area (Å²) in [6.45, 7) is 4.88. The summed E-state index contributed by atoms with van der Waals surface area (Å²) in [7, 11) is 0. The summed E-state index contributed by atoms with van der Waals surface area (Å²) < 4.78 is 38.9. The zero-order valence-electron chi connectivity index (χ0n) is 24.0. The van der Waals surface area contributed by atoms with Gasteiger partial charge in [0.2, 0.25) is 5.91 Å². The molecule has 1 fully saturated rings. The van der Waals surface area contributed by atoms with Crippen LogP contribution in [0.5, 0.6) is 0 Å². The molecule has 2 aromatic carbocycles. The minimum absolute atomic E-state index is 0.0347. The highest BCUT2D eigenvalue weighted by atomic mass is 19.4. The number of nitrogens with one attached hydrogen (secondary N) is 1. The highest BCUT2D eigenvalue weighted by molar-refractivity contribution is 5.92. The number of benzene rings is 2. The molecular weight excluding hydrogens is 551 g/mol. The van der Waals surface area contributed by atoms with E-state index in [1.165, 1.54) is 18.2 Å². The van der Waals surface area contributed by atoms with Gasteiger partial charge in [-0.25, -0.2) is 0 Å². The van der Waals surface area contributed by atoms with Gasteiger partial charge in [-0.1, -0.05) is 30.3 Å². The number of aryl methyl sites for hydroxylation is 1. The monoisotopic (exact) mass is 585 g/mol. The van der Waals surface area contributed by atoms with Crippen LogP contribution in [-0.4, -0.2) is 44.8 Å². The summed E-state index contributed by atoms with van der Waals surface area (Å²) in [6, 6.07) is 20.7. The number of aromatic nitrogens is 2. The molecule has 0 bridgehead atoms. The third-order valence-electron chi connectivity index (χ3n) is 7.56. The number of hydrogen-bond donors (Lipinski definition) is 1. The normalized spacial score (nSPS) is 14.6. The first-order chi connectivity index (χ1) is 20.7. The van der Waals surface area contributed by atoms with Crippen LogP contribution in [0.25, 0.3) is 6.08 Å². The summed E-state index contributed by atoms with van der Waals surface area (Å²) >= 11 is 0. The summed E-state index contributed by atoms with van der Waals surface area (Å²) in [5.74, 6) is -0.167. The number of nitrogens with zero attached hydrogens (tertiary/aromatic N) is 4. The molecule has 1 aliphatic heterocycles. The minimum Gasteiger partial charge on any atom is -0.355 e. The van der Waals surface area contributed by atoms with Crippen molar-refractivity contribution in [1.82, 2.24) is 19.8 Å². The van der Waals surface area contributed by atoms with E-state index in [9.17, 15) is 18.0 Å². The second-order valence-electron chi connectivity index (χ2n) is 10.8. The van der Waals surface area contributed by atoms with Crippen molar-refractivity contribution in [3.63, 3.8) is 0 Å². The van der Waals surface area contributed by atoms with Gasteiger partial charge >= 0.3 is 6.18 Å². The Morgan fingerprint density at radius 2 is 1.72 bits per heavy atom. The van der Waals surface area contributed by atoms with Gasteiger partial charge < -0.3 is 10.2 Å². The maximum absolute atomic E-state index is 13.6. The molecule has 4 aromatic rings. The molecule has 0 spiro atoms. The van der Waals surface area contributed by atoms with E-state index in [-0.39, 0.29) is 11.9 Å². The Hall–Kier alpha value is -4.50. The van der Waals surface area contributed by atoms with Crippen molar-refractivity contribution in [2.24, 2.45) is 0 Å². The van der Waals surface area contributed by atoms with Gasteiger partial charge in [-0.2, -0.15) is 13.2 Å². The molecule has 1 N–H and O–H groups in total. The van der Waals surface area contributed by atoms with Gasteiger partial charge in [0.1, 0.15) is 0 Å². The van der Waals surface area contributed by atoms with Crippen LogP contribution in [0.15, 0.2) is 97.5 Å². The van der Waals surface area contributed by atoms with Crippen molar-refractivity contribution in [2.75, 3.05) is 18.4 Å². The number of likely N-dealkylation sites (tertiary alicyclic amines) is 1. The van der Waals surface area contributed by atoms with Crippen LogP contribution in [0.3, 0.4) is 0 Å². The molecule has 5 rings (SSSR count). The standard InChI is InChI=1S/C34H34F3N5O/c1-25-21-31(14-18-39-25)40-30-11-6-27(7-12-30)24-42(32-15-19-41(20-16-32)23-28-3-2-17-38-22-28)33(43)13-8-26-4-9-29(10-5-26)34(35,36)37/h2-14,17-18,21-22,32H,15-16,19-20,23-24H2,1H3,(H,39,40)/b13-8+. The lowest BCUT2D eigenvalue weighted by Gasteiger charge is -2.38. The van der Waals surface area contributed by atoms with E-state index in [2.05, 4.69) is 26.3 Å². The largest absolute Gasteiger partial charge is 0.416 e. The Kier molecular flexibility index (Phi) is 9.51. The van der Waals surface area contributed by atoms with E-state index in [0.29, 0.717) is 12.1 Å². The lowest BCUT2D eigenvalue weighted by molar-refractivity contribution is -0.137. The fraction of sp³-hybridized carbons (Fsp3) is 0.265. The van der Waals surface area contributed by atoms with Gasteiger partial charge in [-0.3, -0.25) is 19.7 Å². The van der Waals surface area contributed by atoms with Gasteiger partial charge in [-0.15, -0.1) is 0 Å². The molecule has 0 saturated carbocycles. The van der Waals surface area contributed by atoms with Gasteiger partial charge in [0, 0.05) is 74.0 Å². The number of piperidine rings is 1. The van der Waals surface area contributed by atoms with E-state index in [1.54, 1.807) is 18.5 Å². The van der Waals surface area contributed by atoms with E-state index in [1.807, 2.05) is 60.5 Å². The third-order valence-corrected chi connectivity index (χ3v) is 7.56. The van der Waals surface area contributed by atoms with Crippen LogP contribution in [0.4, 0.5) is 24.5 Å². The molecule has 1 amide bonds. The first kappa shape index (κ1) is 30.0. The molecule has 3 heterocycles. The van der Waals surface area contributed by atoms with Crippen LogP contribution in [0.1, 0.15) is 40.8 Å². The van der Waals surface area contributed by atoms with Gasteiger partial charge in [0.05, 0.1) is 5.56 Å². The van der Waals surface area contributed by atoms with Crippen molar-refractivity contribution in [3.05, 3.63) is 125 Å². The zero-order chi connectivity index (χ0) is 30.2. The van der Waals surface area contributed by atoms with E-state index < -0.39 is 11.7 Å². The molecule has 6 nitrogen and oxygen atoms in total. The smallest absolute Gasteiger partial charge is 0.355 e. The van der Waals surface area contributed by atoms with Gasteiger partial charge in [0.15, 0.2) is 0 Å². The number of carbonyl (C=O) groups is 1. The van der Waals surface area contributed by atoms with E-state index in [4.69, 9.17) is 0 Å². The molecule has 0 atom stereocenters. The summed E-state index contributed by atoms with van der Waals surface area (Å²) in [5, 5.41) is 3.38. The maximum Gasteiger partial charge on any atom is 0.416 e. The molecule has 43 heavy (non-hydrogen) atoms. The molecule has 9 heteroatoms. The minimum atomic E-state index is -4.40. The van der Waals surface area contributed by atoms with Gasteiger partial charge in [0.25, 0.3) is 0 Å². The Morgan fingerprint density at radius 3 is 2.37 bits per heavy atom. The fourth-order valence-corrected chi connectivity index (χ4v) is 5.25. The van der Waals surface area contributed by atoms with E-state index in [0.717, 1.165) is 72.8 Å². The van der Waals surface area contributed by atoms with Crippen LogP contribution in [0.2, 0.25) is 0 Å². The Balaban J connectivity index is 1.28. The number of rotatable bonds is 9. The maximum atomic E-state index is 13.6. The molecule has 1 saturated heterocycles. The number of amides is 1. The van der Waals surface area contributed by atoms with Crippen LogP contribution < -0.4 is 5.32 Å². The highest BCUT2D eigenvalue weighted by Gasteiger charge is 2.30. The molecule has 0 aliphatic carbocycles. The average molecular weight is 586 g/mol. The van der Waals surface area contributed by atoms with Crippen molar-refractivity contribution >= 4 is 23.4 Å². The molecular formula is C34H34F3N5O. The average Bonchev–Trinajstić information content (AvgIpc) is 3.00.